The number of hydrogen-bond acceptors (Lipinski definition) is 3. The van der Waals surface area contributed by atoms with E-state index in [0.29, 0.717) is 0 Å². The lowest BCUT2D eigenvalue weighted by atomic mass is 10.1. The zero-order chi connectivity index (χ0) is 13.7. The highest BCUT2D eigenvalue weighted by atomic mass is 16.5. The van der Waals surface area contributed by atoms with Crippen molar-refractivity contribution in [1.29, 1.82) is 0 Å². The summed E-state index contributed by atoms with van der Waals surface area (Å²) in [7, 11) is 1.68. The van der Waals surface area contributed by atoms with Gasteiger partial charge < -0.3 is 4.74 Å². The zero-order valence-corrected chi connectivity index (χ0v) is 11.9. The molecule has 0 radical (unpaired) electrons. The molecule has 0 N–H and O–H groups in total. The molecule has 0 atom stereocenters. The number of carbonyl (C=O) groups is 1. The van der Waals surface area contributed by atoms with Gasteiger partial charge in [-0.25, -0.2) is 0 Å². The average Bonchev–Trinajstić information content (AvgIpc) is 3.23. The van der Waals surface area contributed by atoms with Gasteiger partial charge in [0.2, 0.25) is 0 Å². The SMILES string of the molecule is CCCN(Cc1cc(C=O)ccc1OC)CC1CC1. The minimum absolute atomic E-state index is 0.721. The molecule has 0 bridgehead atoms. The summed E-state index contributed by atoms with van der Waals surface area (Å²) in [6, 6.07) is 5.64. The van der Waals surface area contributed by atoms with E-state index in [1.165, 1.54) is 19.4 Å². The monoisotopic (exact) mass is 261 g/mol. The Bertz CT molecular complexity index is 427. The van der Waals surface area contributed by atoms with Gasteiger partial charge in [-0.2, -0.15) is 0 Å². The van der Waals surface area contributed by atoms with Gasteiger partial charge in [0.05, 0.1) is 7.11 Å². The maximum Gasteiger partial charge on any atom is 0.150 e. The molecule has 1 fully saturated rings. The summed E-state index contributed by atoms with van der Waals surface area (Å²) >= 11 is 0. The normalized spacial score (nSPS) is 14.7. The predicted molar refractivity (Wildman–Crippen MR) is 76.7 cm³/mol. The van der Waals surface area contributed by atoms with Crippen molar-refractivity contribution >= 4 is 6.29 Å². The zero-order valence-electron chi connectivity index (χ0n) is 11.9. The Morgan fingerprint density at radius 1 is 1.42 bits per heavy atom. The van der Waals surface area contributed by atoms with Crippen LogP contribution in [0.3, 0.4) is 0 Å². The highest BCUT2D eigenvalue weighted by molar-refractivity contribution is 5.75. The molecule has 1 saturated carbocycles. The van der Waals surface area contributed by atoms with Crippen LogP contribution in [-0.4, -0.2) is 31.4 Å². The molecule has 0 amide bonds. The molecule has 0 aliphatic heterocycles. The third kappa shape index (κ3) is 4.06. The molecule has 1 aliphatic carbocycles. The van der Waals surface area contributed by atoms with Crippen LogP contribution in [0.2, 0.25) is 0 Å². The van der Waals surface area contributed by atoms with E-state index in [-0.39, 0.29) is 0 Å². The predicted octanol–water partition coefficient (Wildman–Crippen LogP) is 3.13. The summed E-state index contributed by atoms with van der Waals surface area (Å²) in [5.41, 5.74) is 1.83. The Labute approximate surface area is 115 Å². The first-order valence-electron chi connectivity index (χ1n) is 7.11. The van der Waals surface area contributed by atoms with Crippen LogP contribution < -0.4 is 4.74 Å². The van der Waals surface area contributed by atoms with Crippen molar-refractivity contribution in [1.82, 2.24) is 4.90 Å². The largest absolute Gasteiger partial charge is 0.496 e. The summed E-state index contributed by atoms with van der Waals surface area (Å²) < 4.78 is 5.40. The minimum atomic E-state index is 0.721. The fraction of sp³-hybridized carbons (Fsp3) is 0.562. The van der Waals surface area contributed by atoms with E-state index in [1.807, 2.05) is 12.1 Å². The van der Waals surface area contributed by atoms with E-state index in [9.17, 15) is 4.79 Å². The highest BCUT2D eigenvalue weighted by Crippen LogP contribution is 2.31. The quantitative estimate of drug-likeness (QED) is 0.673. The number of hydrogen-bond donors (Lipinski definition) is 0. The highest BCUT2D eigenvalue weighted by Gasteiger charge is 2.24. The molecule has 3 heteroatoms. The molecule has 0 heterocycles. The third-order valence-electron chi connectivity index (χ3n) is 3.59. The van der Waals surface area contributed by atoms with Crippen LogP contribution in [0, 0.1) is 5.92 Å². The van der Waals surface area contributed by atoms with Gasteiger partial charge in [0.25, 0.3) is 0 Å². The number of ether oxygens (including phenoxy) is 1. The van der Waals surface area contributed by atoms with Gasteiger partial charge in [-0.15, -0.1) is 0 Å². The van der Waals surface area contributed by atoms with Gasteiger partial charge in [-0.05, 0) is 49.9 Å². The van der Waals surface area contributed by atoms with E-state index in [1.54, 1.807) is 13.2 Å². The molecule has 1 aliphatic rings. The Morgan fingerprint density at radius 2 is 2.21 bits per heavy atom. The van der Waals surface area contributed by atoms with Crippen LogP contribution in [0.4, 0.5) is 0 Å². The molecular weight excluding hydrogens is 238 g/mol. The maximum absolute atomic E-state index is 10.9. The topological polar surface area (TPSA) is 29.5 Å². The fourth-order valence-electron chi connectivity index (χ4n) is 2.45. The molecule has 0 unspecified atom stereocenters. The number of benzene rings is 1. The Hall–Kier alpha value is -1.35. The molecule has 0 spiro atoms. The third-order valence-corrected chi connectivity index (χ3v) is 3.59. The number of rotatable bonds is 8. The Morgan fingerprint density at radius 3 is 2.79 bits per heavy atom. The summed E-state index contributed by atoms with van der Waals surface area (Å²) in [6.07, 6.45) is 4.79. The summed E-state index contributed by atoms with van der Waals surface area (Å²) in [5, 5.41) is 0. The summed E-state index contributed by atoms with van der Waals surface area (Å²) in [4.78, 5) is 13.4. The number of carbonyl (C=O) groups excluding carboxylic acids is 1. The molecule has 19 heavy (non-hydrogen) atoms. The van der Waals surface area contributed by atoms with Crippen LogP contribution >= 0.6 is 0 Å². The lowest BCUT2D eigenvalue weighted by molar-refractivity contribution is 0.112. The van der Waals surface area contributed by atoms with Gasteiger partial charge >= 0.3 is 0 Å². The molecule has 0 aromatic heterocycles. The molecule has 2 rings (SSSR count). The summed E-state index contributed by atoms with van der Waals surface area (Å²) in [6.45, 7) is 5.35. The van der Waals surface area contributed by atoms with E-state index in [2.05, 4.69) is 11.8 Å². The van der Waals surface area contributed by atoms with Crippen molar-refractivity contribution in [3.63, 3.8) is 0 Å². The second kappa shape index (κ2) is 6.71. The molecule has 0 saturated heterocycles. The van der Waals surface area contributed by atoms with Gasteiger partial charge in [0, 0.05) is 24.2 Å². The molecule has 104 valence electrons. The standard InChI is InChI=1S/C16H23NO2/c1-3-8-17(10-13-4-5-13)11-15-9-14(12-18)6-7-16(15)19-2/h6-7,9,12-13H,3-5,8,10-11H2,1-2H3. The van der Waals surface area contributed by atoms with Crippen molar-refractivity contribution < 1.29 is 9.53 Å². The average molecular weight is 261 g/mol. The van der Waals surface area contributed by atoms with E-state index >= 15 is 0 Å². The smallest absolute Gasteiger partial charge is 0.150 e. The first kappa shape index (κ1) is 14.1. The molecular formula is C16H23NO2. The van der Waals surface area contributed by atoms with Gasteiger partial charge in [0.15, 0.2) is 0 Å². The minimum Gasteiger partial charge on any atom is -0.496 e. The van der Waals surface area contributed by atoms with Crippen LogP contribution in [-0.2, 0) is 6.54 Å². The number of methoxy groups -OCH3 is 1. The van der Waals surface area contributed by atoms with Crippen LogP contribution in [0.25, 0.3) is 0 Å². The first-order valence-corrected chi connectivity index (χ1v) is 7.11. The lowest BCUT2D eigenvalue weighted by Crippen LogP contribution is -2.26. The number of aldehydes is 1. The van der Waals surface area contributed by atoms with Crippen molar-refractivity contribution in [3.05, 3.63) is 29.3 Å². The van der Waals surface area contributed by atoms with Gasteiger partial charge in [-0.3, -0.25) is 9.69 Å². The second-order valence-electron chi connectivity index (χ2n) is 5.37. The van der Waals surface area contributed by atoms with Crippen LogP contribution in [0.5, 0.6) is 5.75 Å². The van der Waals surface area contributed by atoms with Crippen molar-refractivity contribution in [2.24, 2.45) is 5.92 Å². The molecule has 1 aromatic carbocycles. The summed E-state index contributed by atoms with van der Waals surface area (Å²) in [5.74, 6) is 1.76. The van der Waals surface area contributed by atoms with Crippen molar-refractivity contribution in [3.8, 4) is 5.75 Å². The maximum atomic E-state index is 10.9. The van der Waals surface area contributed by atoms with E-state index in [0.717, 1.165) is 48.6 Å². The van der Waals surface area contributed by atoms with Crippen LogP contribution in [0.1, 0.15) is 42.1 Å². The van der Waals surface area contributed by atoms with Crippen molar-refractivity contribution in [2.45, 2.75) is 32.7 Å². The molecule has 3 nitrogen and oxygen atoms in total. The van der Waals surface area contributed by atoms with Crippen molar-refractivity contribution in [2.75, 3.05) is 20.2 Å². The Kier molecular flexibility index (Phi) is 4.97. The second-order valence-corrected chi connectivity index (χ2v) is 5.37. The molecule has 1 aromatic rings. The lowest BCUT2D eigenvalue weighted by Gasteiger charge is -2.22. The number of nitrogens with zero attached hydrogens (tertiary/aromatic N) is 1. The van der Waals surface area contributed by atoms with Crippen LogP contribution in [0.15, 0.2) is 18.2 Å². The van der Waals surface area contributed by atoms with Gasteiger partial charge in [0.1, 0.15) is 12.0 Å². The fourth-order valence-corrected chi connectivity index (χ4v) is 2.45. The van der Waals surface area contributed by atoms with E-state index < -0.39 is 0 Å². The van der Waals surface area contributed by atoms with E-state index in [4.69, 9.17) is 4.74 Å². The first-order chi connectivity index (χ1) is 9.26. The Balaban J connectivity index is 2.10. The van der Waals surface area contributed by atoms with Gasteiger partial charge in [-0.1, -0.05) is 6.92 Å².